The van der Waals surface area contributed by atoms with Crippen molar-refractivity contribution in [1.29, 1.82) is 0 Å². The first-order valence-electron chi connectivity index (χ1n) is 7.29. The van der Waals surface area contributed by atoms with Crippen molar-refractivity contribution in [3.05, 3.63) is 0 Å². The van der Waals surface area contributed by atoms with Crippen LogP contribution in [0.25, 0.3) is 0 Å². The van der Waals surface area contributed by atoms with E-state index in [0.29, 0.717) is 12.3 Å². The molecular formula is C15H27NO3. The van der Waals surface area contributed by atoms with Crippen molar-refractivity contribution in [3.8, 4) is 0 Å². The molecule has 0 aliphatic heterocycles. The van der Waals surface area contributed by atoms with Gasteiger partial charge in [0.15, 0.2) is 5.78 Å². The highest BCUT2D eigenvalue weighted by atomic mass is 16.6. The molecule has 0 radical (unpaired) electrons. The summed E-state index contributed by atoms with van der Waals surface area (Å²) in [5.74, 6) is -0.817. The normalized spacial score (nSPS) is 18.9. The minimum absolute atomic E-state index is 0.0867. The van der Waals surface area contributed by atoms with Crippen molar-refractivity contribution in [2.75, 3.05) is 6.54 Å². The number of ether oxygens (including phenoxy) is 1. The average molecular weight is 269 g/mol. The monoisotopic (exact) mass is 269 g/mol. The summed E-state index contributed by atoms with van der Waals surface area (Å²) in [6.07, 6.45) is 6.47. The number of esters is 1. The van der Waals surface area contributed by atoms with Crippen LogP contribution in [0.3, 0.4) is 0 Å². The lowest BCUT2D eigenvalue weighted by atomic mass is 9.81. The number of carbonyl (C=O) groups is 2. The predicted molar refractivity (Wildman–Crippen MR) is 74.6 cm³/mol. The van der Waals surface area contributed by atoms with Crippen molar-refractivity contribution in [3.63, 3.8) is 0 Å². The standard InChI is InChI=1S/C15H27NO3/c1-15(2,3)19-14(18)12(13(17)10-16)9-11-7-5-4-6-8-11/h11-12H,4-10,16H2,1-3H3. The van der Waals surface area contributed by atoms with Gasteiger partial charge in [0, 0.05) is 0 Å². The molecule has 0 aromatic heterocycles. The largest absolute Gasteiger partial charge is 0.459 e. The molecule has 0 heterocycles. The Morgan fingerprint density at radius 2 is 1.79 bits per heavy atom. The predicted octanol–water partition coefficient (Wildman–Crippen LogP) is 2.44. The van der Waals surface area contributed by atoms with Gasteiger partial charge in [-0.2, -0.15) is 0 Å². The van der Waals surface area contributed by atoms with Crippen LogP contribution in [-0.4, -0.2) is 23.9 Å². The fraction of sp³-hybridized carbons (Fsp3) is 0.867. The van der Waals surface area contributed by atoms with Crippen LogP contribution in [0.2, 0.25) is 0 Å². The molecule has 0 aromatic rings. The van der Waals surface area contributed by atoms with Gasteiger partial charge in [-0.05, 0) is 33.1 Å². The molecule has 1 atom stereocenters. The molecule has 110 valence electrons. The zero-order valence-corrected chi connectivity index (χ0v) is 12.4. The summed E-state index contributed by atoms with van der Waals surface area (Å²) in [4.78, 5) is 24.0. The Kier molecular flexibility index (Phi) is 5.98. The van der Waals surface area contributed by atoms with Crippen molar-refractivity contribution in [2.45, 2.75) is 64.9 Å². The maximum atomic E-state index is 12.1. The van der Waals surface area contributed by atoms with Gasteiger partial charge in [0.1, 0.15) is 11.5 Å². The maximum Gasteiger partial charge on any atom is 0.317 e. The fourth-order valence-corrected chi connectivity index (χ4v) is 2.63. The Hall–Kier alpha value is -0.900. The Bertz CT molecular complexity index is 314. The van der Waals surface area contributed by atoms with E-state index in [1.165, 1.54) is 19.3 Å². The smallest absolute Gasteiger partial charge is 0.317 e. The van der Waals surface area contributed by atoms with Gasteiger partial charge in [0.05, 0.1) is 6.54 Å². The van der Waals surface area contributed by atoms with Gasteiger partial charge in [-0.1, -0.05) is 32.1 Å². The molecule has 1 rings (SSSR count). The summed E-state index contributed by atoms with van der Waals surface area (Å²) in [7, 11) is 0. The van der Waals surface area contributed by atoms with Crippen LogP contribution in [0.5, 0.6) is 0 Å². The lowest BCUT2D eigenvalue weighted by Gasteiger charge is -2.27. The van der Waals surface area contributed by atoms with E-state index in [9.17, 15) is 9.59 Å². The van der Waals surface area contributed by atoms with Gasteiger partial charge in [0.25, 0.3) is 0 Å². The van der Waals surface area contributed by atoms with Crippen LogP contribution < -0.4 is 5.73 Å². The molecule has 1 aliphatic rings. The molecule has 19 heavy (non-hydrogen) atoms. The summed E-state index contributed by atoms with van der Waals surface area (Å²) < 4.78 is 5.35. The zero-order chi connectivity index (χ0) is 14.5. The van der Waals surface area contributed by atoms with Gasteiger partial charge in [-0.25, -0.2) is 0 Å². The Balaban J connectivity index is 2.65. The van der Waals surface area contributed by atoms with Crippen molar-refractivity contribution >= 4 is 11.8 Å². The van der Waals surface area contributed by atoms with E-state index >= 15 is 0 Å². The van der Waals surface area contributed by atoms with Crippen LogP contribution in [0.4, 0.5) is 0 Å². The second kappa shape index (κ2) is 7.04. The van der Waals surface area contributed by atoms with Crippen LogP contribution in [0, 0.1) is 11.8 Å². The number of rotatable bonds is 5. The molecular weight excluding hydrogens is 242 g/mol. The fourth-order valence-electron chi connectivity index (χ4n) is 2.63. The van der Waals surface area contributed by atoms with E-state index in [-0.39, 0.29) is 12.3 Å². The van der Waals surface area contributed by atoms with Crippen molar-refractivity contribution < 1.29 is 14.3 Å². The second-order valence-corrected chi connectivity index (χ2v) is 6.50. The number of carbonyl (C=O) groups excluding carboxylic acids is 2. The summed E-state index contributed by atoms with van der Waals surface area (Å²) in [6.45, 7) is 5.36. The molecule has 1 aliphatic carbocycles. The van der Waals surface area contributed by atoms with E-state index in [0.717, 1.165) is 12.8 Å². The van der Waals surface area contributed by atoms with E-state index in [4.69, 9.17) is 10.5 Å². The van der Waals surface area contributed by atoms with E-state index in [2.05, 4.69) is 0 Å². The SMILES string of the molecule is CC(C)(C)OC(=O)C(CC1CCCCC1)C(=O)CN. The van der Waals surface area contributed by atoms with Crippen LogP contribution in [0.15, 0.2) is 0 Å². The molecule has 0 amide bonds. The molecule has 1 saturated carbocycles. The number of ketones is 1. The molecule has 1 unspecified atom stereocenters. The van der Waals surface area contributed by atoms with E-state index < -0.39 is 17.5 Å². The van der Waals surface area contributed by atoms with Gasteiger partial charge < -0.3 is 10.5 Å². The van der Waals surface area contributed by atoms with Gasteiger partial charge in [-0.15, -0.1) is 0 Å². The van der Waals surface area contributed by atoms with Gasteiger partial charge in [-0.3, -0.25) is 9.59 Å². The third-order valence-electron chi connectivity index (χ3n) is 3.57. The third-order valence-corrected chi connectivity index (χ3v) is 3.57. The van der Waals surface area contributed by atoms with Crippen molar-refractivity contribution in [1.82, 2.24) is 0 Å². The highest BCUT2D eigenvalue weighted by Gasteiger charge is 2.32. The highest BCUT2D eigenvalue weighted by Crippen LogP contribution is 2.30. The highest BCUT2D eigenvalue weighted by molar-refractivity contribution is 6.00. The first-order valence-corrected chi connectivity index (χ1v) is 7.29. The molecule has 2 N–H and O–H groups in total. The lowest BCUT2D eigenvalue weighted by Crippen LogP contribution is -2.37. The third kappa shape index (κ3) is 5.72. The molecule has 0 spiro atoms. The Morgan fingerprint density at radius 3 is 2.26 bits per heavy atom. The topological polar surface area (TPSA) is 69.4 Å². The lowest BCUT2D eigenvalue weighted by molar-refractivity contribution is -0.162. The zero-order valence-electron chi connectivity index (χ0n) is 12.4. The molecule has 0 bridgehead atoms. The first kappa shape index (κ1) is 16.2. The first-order chi connectivity index (χ1) is 8.83. The van der Waals surface area contributed by atoms with Crippen molar-refractivity contribution in [2.24, 2.45) is 17.6 Å². The summed E-state index contributed by atoms with van der Waals surface area (Å²) in [6, 6.07) is 0. The summed E-state index contributed by atoms with van der Waals surface area (Å²) >= 11 is 0. The second-order valence-electron chi connectivity index (χ2n) is 6.50. The molecule has 4 nitrogen and oxygen atoms in total. The number of hydrogen-bond acceptors (Lipinski definition) is 4. The van der Waals surface area contributed by atoms with Crippen LogP contribution >= 0.6 is 0 Å². The van der Waals surface area contributed by atoms with Gasteiger partial charge in [0.2, 0.25) is 0 Å². The van der Waals surface area contributed by atoms with E-state index in [1.54, 1.807) is 0 Å². The summed E-state index contributed by atoms with van der Waals surface area (Å²) in [5.41, 5.74) is 4.86. The molecule has 4 heteroatoms. The quantitative estimate of drug-likeness (QED) is 0.615. The minimum atomic E-state index is -0.674. The van der Waals surface area contributed by atoms with Gasteiger partial charge >= 0.3 is 5.97 Å². The number of nitrogens with two attached hydrogens (primary N) is 1. The maximum absolute atomic E-state index is 12.1. The summed E-state index contributed by atoms with van der Waals surface area (Å²) in [5, 5.41) is 0. The Morgan fingerprint density at radius 1 is 1.21 bits per heavy atom. The van der Waals surface area contributed by atoms with Crippen LogP contribution in [-0.2, 0) is 14.3 Å². The molecule has 1 fully saturated rings. The molecule has 0 saturated heterocycles. The average Bonchev–Trinajstić information content (AvgIpc) is 2.34. The number of hydrogen-bond donors (Lipinski definition) is 1. The van der Waals surface area contributed by atoms with E-state index in [1.807, 2.05) is 20.8 Å². The Labute approximate surface area is 116 Å². The van der Waals surface area contributed by atoms with Crippen LogP contribution in [0.1, 0.15) is 59.3 Å². The number of Topliss-reactive ketones (excluding diaryl/α,β-unsaturated/α-hetero) is 1. The minimum Gasteiger partial charge on any atom is -0.459 e. The molecule has 0 aromatic carbocycles.